The summed E-state index contributed by atoms with van der Waals surface area (Å²) in [7, 11) is 1.58. The second kappa shape index (κ2) is 7.41. The van der Waals surface area contributed by atoms with E-state index in [-0.39, 0.29) is 5.91 Å². The number of nitrogens with two attached hydrogens (primary N) is 1. The van der Waals surface area contributed by atoms with E-state index in [2.05, 4.69) is 0 Å². The van der Waals surface area contributed by atoms with Crippen molar-refractivity contribution in [1.29, 1.82) is 0 Å². The van der Waals surface area contributed by atoms with Gasteiger partial charge in [0.25, 0.3) is 5.91 Å². The van der Waals surface area contributed by atoms with E-state index in [1.807, 2.05) is 45.0 Å². The predicted octanol–water partition coefficient (Wildman–Crippen LogP) is 2.49. The number of amides is 1. The molecule has 0 radical (unpaired) electrons. The Labute approximate surface area is 121 Å². The number of nitrogens with zero attached hydrogens (tertiary/aromatic N) is 1. The highest BCUT2D eigenvalue weighted by Crippen LogP contribution is 2.23. The first-order valence-corrected chi connectivity index (χ1v) is 7.12. The SMILES string of the molecule is CCC(C)(OC)C(=O)N(CCCN)c1ccc(C)cc1. The van der Waals surface area contributed by atoms with Crippen molar-refractivity contribution in [2.75, 3.05) is 25.1 Å². The molecule has 1 unspecified atom stereocenters. The first-order valence-electron chi connectivity index (χ1n) is 7.12. The molecular weight excluding hydrogens is 252 g/mol. The highest BCUT2D eigenvalue weighted by Gasteiger charge is 2.35. The molecule has 1 rings (SSSR count). The lowest BCUT2D eigenvalue weighted by atomic mass is 10.0. The largest absolute Gasteiger partial charge is 0.369 e. The molecule has 0 aliphatic rings. The predicted molar refractivity (Wildman–Crippen MR) is 82.9 cm³/mol. The minimum atomic E-state index is -0.792. The Hall–Kier alpha value is -1.39. The average molecular weight is 278 g/mol. The van der Waals surface area contributed by atoms with Crippen molar-refractivity contribution in [2.24, 2.45) is 5.73 Å². The van der Waals surface area contributed by atoms with Crippen molar-refractivity contribution in [2.45, 2.75) is 39.2 Å². The summed E-state index contributed by atoms with van der Waals surface area (Å²) in [5.41, 5.74) is 6.86. The van der Waals surface area contributed by atoms with E-state index in [0.717, 1.165) is 12.1 Å². The van der Waals surface area contributed by atoms with Gasteiger partial charge in [-0.1, -0.05) is 24.6 Å². The van der Waals surface area contributed by atoms with E-state index in [4.69, 9.17) is 10.5 Å². The van der Waals surface area contributed by atoms with Crippen LogP contribution < -0.4 is 10.6 Å². The highest BCUT2D eigenvalue weighted by atomic mass is 16.5. The van der Waals surface area contributed by atoms with Gasteiger partial charge in [-0.2, -0.15) is 0 Å². The van der Waals surface area contributed by atoms with Crippen molar-refractivity contribution >= 4 is 11.6 Å². The zero-order valence-electron chi connectivity index (χ0n) is 13.0. The molecule has 2 N–H and O–H groups in total. The van der Waals surface area contributed by atoms with Gasteiger partial charge in [-0.3, -0.25) is 4.79 Å². The zero-order valence-corrected chi connectivity index (χ0v) is 13.0. The number of hydrogen-bond donors (Lipinski definition) is 1. The van der Waals surface area contributed by atoms with Gasteiger partial charge in [-0.25, -0.2) is 0 Å². The summed E-state index contributed by atoms with van der Waals surface area (Å²) in [6.45, 7) is 6.99. The summed E-state index contributed by atoms with van der Waals surface area (Å²) in [6, 6.07) is 7.95. The number of carbonyl (C=O) groups excluding carboxylic acids is 1. The number of aryl methyl sites for hydroxylation is 1. The van der Waals surface area contributed by atoms with Crippen molar-refractivity contribution in [3.63, 3.8) is 0 Å². The van der Waals surface area contributed by atoms with Gasteiger partial charge in [0.1, 0.15) is 5.60 Å². The van der Waals surface area contributed by atoms with Gasteiger partial charge in [-0.15, -0.1) is 0 Å². The Kier molecular flexibility index (Phi) is 6.17. The van der Waals surface area contributed by atoms with Crippen LogP contribution >= 0.6 is 0 Å². The minimum Gasteiger partial charge on any atom is -0.369 e. The Morgan fingerprint density at radius 2 is 1.95 bits per heavy atom. The van der Waals surface area contributed by atoms with Gasteiger partial charge in [-0.05, 0) is 45.4 Å². The molecule has 0 fully saturated rings. The lowest BCUT2D eigenvalue weighted by Gasteiger charge is -2.33. The summed E-state index contributed by atoms with van der Waals surface area (Å²) < 4.78 is 5.43. The van der Waals surface area contributed by atoms with Crippen LogP contribution in [0.2, 0.25) is 0 Å². The number of benzene rings is 1. The van der Waals surface area contributed by atoms with Crippen LogP contribution in [0.25, 0.3) is 0 Å². The molecule has 112 valence electrons. The average Bonchev–Trinajstić information content (AvgIpc) is 2.48. The van der Waals surface area contributed by atoms with E-state index in [1.165, 1.54) is 5.56 Å². The van der Waals surface area contributed by atoms with Crippen molar-refractivity contribution in [3.8, 4) is 0 Å². The third-order valence-electron chi connectivity index (χ3n) is 3.75. The number of hydrogen-bond acceptors (Lipinski definition) is 3. The Bertz CT molecular complexity index is 425. The van der Waals surface area contributed by atoms with E-state index in [1.54, 1.807) is 12.0 Å². The van der Waals surface area contributed by atoms with E-state index < -0.39 is 5.60 Å². The second-order valence-corrected chi connectivity index (χ2v) is 5.22. The Balaban J connectivity index is 3.05. The number of ether oxygens (including phenoxy) is 1. The second-order valence-electron chi connectivity index (χ2n) is 5.22. The van der Waals surface area contributed by atoms with Crippen LogP contribution in [0.4, 0.5) is 5.69 Å². The van der Waals surface area contributed by atoms with Crippen molar-refractivity contribution in [1.82, 2.24) is 0 Å². The maximum absolute atomic E-state index is 12.8. The molecular formula is C16H26N2O2. The van der Waals surface area contributed by atoms with Gasteiger partial charge in [0, 0.05) is 19.3 Å². The summed E-state index contributed by atoms with van der Waals surface area (Å²) in [5, 5.41) is 0. The van der Waals surface area contributed by atoms with E-state index >= 15 is 0 Å². The topological polar surface area (TPSA) is 55.6 Å². The number of anilines is 1. The molecule has 1 aromatic carbocycles. The van der Waals surface area contributed by atoms with Crippen LogP contribution in [0.5, 0.6) is 0 Å². The fraction of sp³-hybridized carbons (Fsp3) is 0.562. The van der Waals surface area contributed by atoms with Crippen LogP contribution in [0.15, 0.2) is 24.3 Å². The Morgan fingerprint density at radius 1 is 1.35 bits per heavy atom. The lowest BCUT2D eigenvalue weighted by molar-refractivity contribution is -0.138. The molecule has 4 heteroatoms. The monoisotopic (exact) mass is 278 g/mol. The molecule has 4 nitrogen and oxygen atoms in total. The number of rotatable bonds is 7. The zero-order chi connectivity index (χ0) is 15.2. The van der Waals surface area contributed by atoms with Crippen molar-refractivity contribution in [3.05, 3.63) is 29.8 Å². The fourth-order valence-electron chi connectivity index (χ4n) is 1.99. The van der Waals surface area contributed by atoms with Crippen LogP contribution in [-0.2, 0) is 9.53 Å². The molecule has 20 heavy (non-hydrogen) atoms. The normalized spacial score (nSPS) is 13.8. The molecule has 1 atom stereocenters. The third kappa shape index (κ3) is 3.81. The highest BCUT2D eigenvalue weighted by molar-refractivity contribution is 5.99. The molecule has 1 amide bonds. The van der Waals surface area contributed by atoms with Gasteiger partial charge in [0.2, 0.25) is 0 Å². The van der Waals surface area contributed by atoms with Crippen LogP contribution in [0.3, 0.4) is 0 Å². The molecule has 0 aromatic heterocycles. The molecule has 1 aromatic rings. The molecule has 0 spiro atoms. The molecule has 0 aliphatic carbocycles. The van der Waals surface area contributed by atoms with Gasteiger partial charge in [0.05, 0.1) is 0 Å². The molecule has 0 heterocycles. The first-order chi connectivity index (χ1) is 9.48. The minimum absolute atomic E-state index is 0.0141. The maximum atomic E-state index is 12.8. The van der Waals surface area contributed by atoms with E-state index in [0.29, 0.717) is 19.5 Å². The molecule has 0 aliphatic heterocycles. The maximum Gasteiger partial charge on any atom is 0.258 e. The van der Waals surface area contributed by atoms with Crippen LogP contribution in [-0.4, -0.2) is 31.7 Å². The quantitative estimate of drug-likeness (QED) is 0.833. The molecule has 0 bridgehead atoms. The molecule has 0 saturated carbocycles. The van der Waals surface area contributed by atoms with Crippen LogP contribution in [0.1, 0.15) is 32.3 Å². The molecule has 0 saturated heterocycles. The standard InChI is InChI=1S/C16H26N2O2/c1-5-16(3,20-4)15(19)18(12-6-11-17)14-9-7-13(2)8-10-14/h7-10H,5-6,11-12,17H2,1-4H3. The summed E-state index contributed by atoms with van der Waals surface area (Å²) in [6.07, 6.45) is 1.40. The summed E-state index contributed by atoms with van der Waals surface area (Å²) >= 11 is 0. The van der Waals surface area contributed by atoms with E-state index in [9.17, 15) is 4.79 Å². The number of methoxy groups -OCH3 is 1. The van der Waals surface area contributed by atoms with Gasteiger partial charge in [0.15, 0.2) is 0 Å². The number of carbonyl (C=O) groups is 1. The third-order valence-corrected chi connectivity index (χ3v) is 3.75. The van der Waals surface area contributed by atoms with Crippen molar-refractivity contribution < 1.29 is 9.53 Å². The smallest absolute Gasteiger partial charge is 0.258 e. The fourth-order valence-corrected chi connectivity index (χ4v) is 1.99. The van der Waals surface area contributed by atoms with Gasteiger partial charge < -0.3 is 15.4 Å². The first kappa shape index (κ1) is 16.7. The van der Waals surface area contributed by atoms with Crippen LogP contribution in [0, 0.1) is 6.92 Å². The summed E-state index contributed by atoms with van der Waals surface area (Å²) in [4.78, 5) is 14.6. The Morgan fingerprint density at radius 3 is 2.40 bits per heavy atom. The lowest BCUT2D eigenvalue weighted by Crippen LogP contribution is -2.49. The summed E-state index contributed by atoms with van der Waals surface area (Å²) in [5.74, 6) is -0.0141. The van der Waals surface area contributed by atoms with Gasteiger partial charge >= 0.3 is 0 Å².